The normalized spacial score (nSPS) is 14.9. The summed E-state index contributed by atoms with van der Waals surface area (Å²) in [6.07, 6.45) is -1.61. The summed E-state index contributed by atoms with van der Waals surface area (Å²) in [6, 6.07) is 16.7. The molecule has 0 radical (unpaired) electrons. The fraction of sp³-hybridized carbons (Fsp3) is 0.348. The highest BCUT2D eigenvalue weighted by Gasteiger charge is 2.38. The van der Waals surface area contributed by atoms with Crippen LogP contribution in [0.1, 0.15) is 18.4 Å². The van der Waals surface area contributed by atoms with Crippen LogP contribution in [0.4, 0.5) is 18.9 Å². The van der Waals surface area contributed by atoms with Crippen LogP contribution in [0.2, 0.25) is 0 Å². The van der Waals surface area contributed by atoms with E-state index in [1.54, 1.807) is 23.5 Å². The first-order chi connectivity index (χ1) is 15.9. The number of sulfone groups is 1. The van der Waals surface area contributed by atoms with Crippen molar-refractivity contribution in [2.75, 3.05) is 24.2 Å². The van der Waals surface area contributed by atoms with Crippen LogP contribution in [-0.4, -0.2) is 51.1 Å². The molecule has 184 valence electrons. The number of benzene rings is 2. The van der Waals surface area contributed by atoms with Crippen molar-refractivity contribution < 1.29 is 31.5 Å². The van der Waals surface area contributed by atoms with Gasteiger partial charge in [0, 0.05) is 29.2 Å². The number of carbonyl (C=O) groups is 1. The van der Waals surface area contributed by atoms with Gasteiger partial charge in [0.15, 0.2) is 9.84 Å². The number of anilines is 1. The Hall–Kier alpha value is -2.63. The van der Waals surface area contributed by atoms with E-state index >= 15 is 0 Å². The first kappa shape index (κ1) is 26.0. The maximum absolute atomic E-state index is 11.7. The molecular formula is C23H25F3N2O4S2. The van der Waals surface area contributed by atoms with Crippen LogP contribution in [0.5, 0.6) is 0 Å². The van der Waals surface area contributed by atoms with Crippen LogP contribution >= 0.6 is 11.3 Å². The summed E-state index contributed by atoms with van der Waals surface area (Å²) in [5.74, 6) is -2.76. The number of hydrogen-bond donors (Lipinski definition) is 2. The van der Waals surface area contributed by atoms with Crippen molar-refractivity contribution in [3.8, 4) is 0 Å². The number of rotatable bonds is 5. The molecule has 11 heteroatoms. The number of piperidine rings is 1. The van der Waals surface area contributed by atoms with Crippen LogP contribution in [0, 0.1) is 0 Å². The molecule has 3 aromatic rings. The number of nitrogens with one attached hydrogen (secondary N) is 1. The van der Waals surface area contributed by atoms with E-state index in [0.29, 0.717) is 10.9 Å². The standard InChI is InChI=1S/C21H24N2O2S2.C2HF3O2/c1-27(24,25)20-5-2-16(3-6-20)15-23(18-8-11-22-12-9-18)19-4-7-21-17(14-19)10-13-26-21;3-2(4,5)1(6)7/h2-7,10,13-14,18,22H,8-9,11-12,15H2,1H3;(H,6,7). The van der Waals surface area contributed by atoms with Crippen molar-refractivity contribution in [1.82, 2.24) is 5.32 Å². The molecule has 2 aromatic carbocycles. The number of aliphatic carboxylic acids is 1. The van der Waals surface area contributed by atoms with E-state index < -0.39 is 22.0 Å². The Bertz CT molecular complexity index is 1220. The molecule has 0 atom stereocenters. The second-order valence-electron chi connectivity index (χ2n) is 7.97. The van der Waals surface area contributed by atoms with Gasteiger partial charge in [-0.2, -0.15) is 13.2 Å². The van der Waals surface area contributed by atoms with Gasteiger partial charge in [-0.05, 0) is 78.7 Å². The summed E-state index contributed by atoms with van der Waals surface area (Å²) in [5.41, 5.74) is 2.37. The first-order valence-corrected chi connectivity index (χ1v) is 13.3. The minimum absolute atomic E-state index is 0.374. The second kappa shape index (κ2) is 10.7. The highest BCUT2D eigenvalue weighted by molar-refractivity contribution is 7.90. The highest BCUT2D eigenvalue weighted by Crippen LogP contribution is 2.30. The summed E-state index contributed by atoms with van der Waals surface area (Å²) < 4.78 is 56.5. The van der Waals surface area contributed by atoms with Gasteiger partial charge >= 0.3 is 12.1 Å². The number of fused-ring (bicyclic) bond motifs is 1. The first-order valence-electron chi connectivity index (χ1n) is 10.5. The molecule has 34 heavy (non-hydrogen) atoms. The minimum Gasteiger partial charge on any atom is -0.475 e. The number of carboxylic acids is 1. The quantitative estimate of drug-likeness (QED) is 0.514. The third kappa shape index (κ3) is 6.94. The Kier molecular flexibility index (Phi) is 8.21. The molecule has 1 saturated heterocycles. The van der Waals surface area contributed by atoms with Gasteiger partial charge in [-0.25, -0.2) is 13.2 Å². The molecule has 1 aromatic heterocycles. The SMILES string of the molecule is CS(=O)(=O)c1ccc(CN(c2ccc3sccc3c2)C2CCNCC2)cc1.O=C(O)C(F)(F)F. The van der Waals surface area contributed by atoms with E-state index in [1.165, 1.54) is 22.0 Å². The van der Waals surface area contributed by atoms with E-state index in [2.05, 4.69) is 39.9 Å². The molecule has 1 aliphatic heterocycles. The van der Waals surface area contributed by atoms with Crippen LogP contribution in [0.3, 0.4) is 0 Å². The Morgan fingerprint density at radius 3 is 2.29 bits per heavy atom. The number of thiophene rings is 1. The molecule has 4 rings (SSSR count). The van der Waals surface area contributed by atoms with Crippen molar-refractivity contribution >= 4 is 42.9 Å². The van der Waals surface area contributed by atoms with Crippen LogP contribution in [0.15, 0.2) is 58.8 Å². The van der Waals surface area contributed by atoms with E-state index in [1.807, 2.05) is 12.1 Å². The van der Waals surface area contributed by atoms with Gasteiger partial charge in [0.1, 0.15) is 0 Å². The largest absolute Gasteiger partial charge is 0.490 e. The van der Waals surface area contributed by atoms with Gasteiger partial charge in [0.2, 0.25) is 0 Å². The van der Waals surface area contributed by atoms with Gasteiger partial charge in [-0.15, -0.1) is 11.3 Å². The molecule has 6 nitrogen and oxygen atoms in total. The lowest BCUT2D eigenvalue weighted by Crippen LogP contribution is -2.43. The molecule has 0 saturated carbocycles. The van der Waals surface area contributed by atoms with E-state index in [9.17, 15) is 21.6 Å². The third-order valence-electron chi connectivity index (χ3n) is 5.46. The lowest BCUT2D eigenvalue weighted by atomic mass is 10.0. The van der Waals surface area contributed by atoms with Gasteiger partial charge in [-0.1, -0.05) is 12.1 Å². The van der Waals surface area contributed by atoms with Crippen molar-refractivity contribution in [2.45, 2.75) is 36.5 Å². The van der Waals surface area contributed by atoms with Crippen LogP contribution in [0.25, 0.3) is 10.1 Å². The van der Waals surface area contributed by atoms with Gasteiger partial charge in [0.05, 0.1) is 4.90 Å². The monoisotopic (exact) mass is 514 g/mol. The second-order valence-corrected chi connectivity index (χ2v) is 10.9. The van der Waals surface area contributed by atoms with Crippen molar-refractivity contribution in [3.05, 3.63) is 59.5 Å². The summed E-state index contributed by atoms with van der Waals surface area (Å²) in [5, 5.41) is 14.0. The third-order valence-corrected chi connectivity index (χ3v) is 7.49. The summed E-state index contributed by atoms with van der Waals surface area (Å²) >= 11 is 1.77. The number of hydrogen-bond acceptors (Lipinski definition) is 6. The zero-order chi connectivity index (χ0) is 24.9. The lowest BCUT2D eigenvalue weighted by Gasteiger charge is -2.36. The number of halogens is 3. The molecule has 2 N–H and O–H groups in total. The molecule has 0 unspecified atom stereocenters. The number of carboxylic acid groups (broad SMARTS) is 1. The zero-order valence-corrected chi connectivity index (χ0v) is 20.0. The summed E-state index contributed by atoms with van der Waals surface area (Å²) in [4.78, 5) is 11.7. The predicted octanol–water partition coefficient (Wildman–Crippen LogP) is 4.70. The molecule has 0 aliphatic carbocycles. The topological polar surface area (TPSA) is 86.7 Å². The Morgan fingerprint density at radius 1 is 1.12 bits per heavy atom. The Morgan fingerprint density at radius 2 is 1.74 bits per heavy atom. The number of nitrogens with zero attached hydrogens (tertiary/aromatic N) is 1. The average Bonchev–Trinajstić information content (AvgIpc) is 3.25. The predicted molar refractivity (Wildman–Crippen MR) is 127 cm³/mol. The minimum atomic E-state index is -5.08. The van der Waals surface area contributed by atoms with E-state index in [0.717, 1.165) is 38.0 Å². The maximum atomic E-state index is 11.7. The van der Waals surface area contributed by atoms with Gasteiger partial charge in [-0.3, -0.25) is 0 Å². The molecule has 1 fully saturated rings. The fourth-order valence-electron chi connectivity index (χ4n) is 3.72. The van der Waals surface area contributed by atoms with Gasteiger partial charge < -0.3 is 15.3 Å². The van der Waals surface area contributed by atoms with Gasteiger partial charge in [0.25, 0.3) is 0 Å². The molecule has 0 spiro atoms. The van der Waals surface area contributed by atoms with Crippen LogP contribution < -0.4 is 10.2 Å². The van der Waals surface area contributed by atoms with Crippen molar-refractivity contribution in [1.29, 1.82) is 0 Å². The maximum Gasteiger partial charge on any atom is 0.490 e. The fourth-order valence-corrected chi connectivity index (χ4v) is 5.12. The van der Waals surface area contributed by atoms with E-state index in [4.69, 9.17) is 9.90 Å². The van der Waals surface area contributed by atoms with Crippen molar-refractivity contribution in [3.63, 3.8) is 0 Å². The van der Waals surface area contributed by atoms with Crippen molar-refractivity contribution in [2.24, 2.45) is 0 Å². The number of alkyl halides is 3. The molecule has 0 bridgehead atoms. The zero-order valence-electron chi connectivity index (χ0n) is 18.4. The summed E-state index contributed by atoms with van der Waals surface area (Å²) in [6.45, 7) is 2.86. The Balaban J connectivity index is 0.000000406. The molecule has 1 aliphatic rings. The Labute approximate surface area is 199 Å². The average molecular weight is 515 g/mol. The molecule has 2 heterocycles. The van der Waals surface area contributed by atoms with Crippen LogP contribution in [-0.2, 0) is 21.2 Å². The molecule has 0 amide bonds. The lowest BCUT2D eigenvalue weighted by molar-refractivity contribution is -0.192. The van der Waals surface area contributed by atoms with E-state index in [-0.39, 0.29) is 0 Å². The smallest absolute Gasteiger partial charge is 0.475 e. The highest BCUT2D eigenvalue weighted by atomic mass is 32.2. The summed E-state index contributed by atoms with van der Waals surface area (Å²) in [7, 11) is -3.16. The molecular weight excluding hydrogens is 489 g/mol.